The van der Waals surface area contributed by atoms with Gasteiger partial charge in [0.25, 0.3) is 0 Å². The summed E-state index contributed by atoms with van der Waals surface area (Å²) in [4.78, 5) is 12.6. The highest BCUT2D eigenvalue weighted by Crippen LogP contribution is 2.24. The van der Waals surface area contributed by atoms with Crippen LogP contribution in [0.3, 0.4) is 0 Å². The van der Waals surface area contributed by atoms with Gasteiger partial charge in [-0.1, -0.05) is 24.6 Å². The van der Waals surface area contributed by atoms with E-state index in [4.69, 9.17) is 12.2 Å². The number of hydrogen-bond donors (Lipinski definition) is 3. The van der Waals surface area contributed by atoms with Gasteiger partial charge < -0.3 is 5.32 Å². The molecule has 26 heavy (non-hydrogen) atoms. The van der Waals surface area contributed by atoms with E-state index >= 15 is 0 Å². The van der Waals surface area contributed by atoms with Crippen LogP contribution in [0, 0.1) is 12.8 Å². The van der Waals surface area contributed by atoms with Crippen molar-refractivity contribution in [1.82, 2.24) is 20.5 Å². The van der Waals surface area contributed by atoms with Gasteiger partial charge in [-0.25, -0.2) is 8.42 Å². The van der Waals surface area contributed by atoms with E-state index in [9.17, 15) is 13.2 Å². The number of piperidine rings is 1. The van der Waals surface area contributed by atoms with Crippen molar-refractivity contribution >= 4 is 33.3 Å². The van der Waals surface area contributed by atoms with E-state index in [1.54, 1.807) is 24.3 Å². The molecule has 7 nitrogen and oxygen atoms in total. The fraction of sp³-hybridized carbons (Fsp3) is 0.529. The Hall–Kier alpha value is -1.71. The summed E-state index contributed by atoms with van der Waals surface area (Å²) < 4.78 is 27.0. The SMILES string of the molecule is CCCNC(=S)NNC(=O)[C@@H]1CCCN(S(=O)(=O)c2ccc(C)cc2)C1. The Labute approximate surface area is 160 Å². The maximum absolute atomic E-state index is 12.8. The monoisotopic (exact) mass is 398 g/mol. The highest BCUT2D eigenvalue weighted by Gasteiger charge is 2.33. The molecule has 0 spiro atoms. The van der Waals surface area contributed by atoms with Gasteiger partial charge in [-0.15, -0.1) is 0 Å². The molecule has 0 saturated carbocycles. The van der Waals surface area contributed by atoms with E-state index in [1.807, 2.05) is 13.8 Å². The molecule has 0 radical (unpaired) electrons. The topological polar surface area (TPSA) is 90.5 Å². The van der Waals surface area contributed by atoms with Crippen LogP contribution in [0.2, 0.25) is 0 Å². The third-order valence-corrected chi connectivity index (χ3v) is 6.37. The number of amides is 1. The van der Waals surface area contributed by atoms with Crippen LogP contribution in [-0.2, 0) is 14.8 Å². The van der Waals surface area contributed by atoms with Gasteiger partial charge in [-0.05, 0) is 50.5 Å². The Balaban J connectivity index is 1.96. The molecule has 1 aromatic carbocycles. The van der Waals surface area contributed by atoms with Crippen LogP contribution in [0.25, 0.3) is 0 Å². The molecule has 0 bridgehead atoms. The van der Waals surface area contributed by atoms with Crippen LogP contribution >= 0.6 is 12.2 Å². The quantitative estimate of drug-likeness (QED) is 0.512. The third kappa shape index (κ3) is 5.39. The number of rotatable bonds is 5. The summed E-state index contributed by atoms with van der Waals surface area (Å²) in [5.41, 5.74) is 6.22. The Bertz CT molecular complexity index is 735. The van der Waals surface area contributed by atoms with Gasteiger partial charge in [-0.2, -0.15) is 4.31 Å². The first-order chi connectivity index (χ1) is 12.3. The second-order valence-corrected chi connectivity index (χ2v) is 8.73. The van der Waals surface area contributed by atoms with Gasteiger partial charge in [-0.3, -0.25) is 15.6 Å². The van der Waals surface area contributed by atoms with Crippen molar-refractivity contribution < 1.29 is 13.2 Å². The lowest BCUT2D eigenvalue weighted by Gasteiger charge is -2.31. The normalized spacial score (nSPS) is 18.2. The molecule has 1 aromatic rings. The molecular formula is C17H26N4O3S2. The molecule has 3 N–H and O–H groups in total. The summed E-state index contributed by atoms with van der Waals surface area (Å²) >= 11 is 5.05. The summed E-state index contributed by atoms with van der Waals surface area (Å²) in [6.45, 7) is 5.22. The zero-order chi connectivity index (χ0) is 19.2. The molecule has 9 heteroatoms. The number of nitrogens with one attached hydrogen (secondary N) is 3. The number of aryl methyl sites for hydroxylation is 1. The molecule has 1 aliphatic rings. The molecule has 1 aliphatic heterocycles. The largest absolute Gasteiger partial charge is 0.361 e. The molecule has 0 aliphatic carbocycles. The predicted molar refractivity (Wildman–Crippen MR) is 105 cm³/mol. The standard InChI is InChI=1S/C17H26N4O3S2/c1-3-10-18-17(25)20-19-16(22)14-5-4-11-21(12-14)26(23,24)15-8-6-13(2)7-9-15/h6-9,14H,3-5,10-12H2,1-2H3,(H,19,22)(H2,18,20,25)/t14-/m1/s1. The van der Waals surface area contributed by atoms with E-state index in [0.29, 0.717) is 31.0 Å². The van der Waals surface area contributed by atoms with Gasteiger partial charge in [0.2, 0.25) is 15.9 Å². The average Bonchev–Trinajstić information content (AvgIpc) is 2.64. The second kappa shape index (κ2) is 9.29. The fourth-order valence-electron chi connectivity index (χ4n) is 2.74. The highest BCUT2D eigenvalue weighted by atomic mass is 32.2. The van der Waals surface area contributed by atoms with Crippen molar-refractivity contribution in [1.29, 1.82) is 0 Å². The molecule has 1 atom stereocenters. The number of hydrazine groups is 1. The number of benzene rings is 1. The smallest absolute Gasteiger partial charge is 0.243 e. The minimum Gasteiger partial charge on any atom is -0.361 e. The molecule has 1 heterocycles. The number of hydrogen-bond acceptors (Lipinski definition) is 4. The first kappa shape index (κ1) is 20.6. The average molecular weight is 399 g/mol. The number of thiocarbonyl (C=S) groups is 1. The number of carbonyl (C=O) groups is 1. The van der Waals surface area contributed by atoms with Crippen molar-refractivity contribution in [3.8, 4) is 0 Å². The van der Waals surface area contributed by atoms with E-state index < -0.39 is 15.9 Å². The van der Waals surface area contributed by atoms with E-state index in [2.05, 4.69) is 16.2 Å². The lowest BCUT2D eigenvalue weighted by Crippen LogP contribution is -2.52. The molecule has 0 aromatic heterocycles. The van der Waals surface area contributed by atoms with Gasteiger partial charge >= 0.3 is 0 Å². The van der Waals surface area contributed by atoms with Crippen molar-refractivity contribution in [3.05, 3.63) is 29.8 Å². The van der Waals surface area contributed by atoms with E-state index in [1.165, 1.54) is 4.31 Å². The Morgan fingerprint density at radius 3 is 2.62 bits per heavy atom. The maximum atomic E-state index is 12.8. The summed E-state index contributed by atoms with van der Waals surface area (Å²) in [7, 11) is -3.59. The van der Waals surface area contributed by atoms with E-state index in [-0.39, 0.29) is 17.3 Å². The van der Waals surface area contributed by atoms with Crippen LogP contribution in [-0.4, -0.2) is 43.4 Å². The van der Waals surface area contributed by atoms with Gasteiger partial charge in [0.15, 0.2) is 5.11 Å². The summed E-state index contributed by atoms with van der Waals surface area (Å²) in [6, 6.07) is 6.76. The van der Waals surface area contributed by atoms with E-state index in [0.717, 1.165) is 12.0 Å². The van der Waals surface area contributed by atoms with Crippen LogP contribution in [0.1, 0.15) is 31.7 Å². The lowest BCUT2D eigenvalue weighted by atomic mass is 9.99. The van der Waals surface area contributed by atoms with Crippen LogP contribution in [0.5, 0.6) is 0 Å². The first-order valence-corrected chi connectivity index (χ1v) is 10.6. The minimum absolute atomic E-state index is 0.166. The number of carbonyl (C=O) groups excluding carboxylic acids is 1. The number of sulfonamides is 1. The molecule has 0 unspecified atom stereocenters. The van der Waals surface area contributed by atoms with Gasteiger partial charge in [0, 0.05) is 19.6 Å². The van der Waals surface area contributed by atoms with Crippen LogP contribution in [0.4, 0.5) is 0 Å². The van der Waals surface area contributed by atoms with Crippen molar-refractivity contribution in [2.75, 3.05) is 19.6 Å². The number of nitrogens with zero attached hydrogens (tertiary/aromatic N) is 1. The Kier molecular flexibility index (Phi) is 7.36. The maximum Gasteiger partial charge on any atom is 0.243 e. The third-order valence-electron chi connectivity index (χ3n) is 4.25. The van der Waals surface area contributed by atoms with Crippen LogP contribution in [0.15, 0.2) is 29.2 Å². The minimum atomic E-state index is -3.59. The van der Waals surface area contributed by atoms with Crippen LogP contribution < -0.4 is 16.2 Å². The van der Waals surface area contributed by atoms with Crippen molar-refractivity contribution in [2.45, 2.75) is 38.0 Å². The molecule has 1 fully saturated rings. The zero-order valence-corrected chi connectivity index (χ0v) is 16.8. The predicted octanol–water partition coefficient (Wildman–Crippen LogP) is 1.30. The fourth-order valence-corrected chi connectivity index (χ4v) is 4.41. The van der Waals surface area contributed by atoms with Gasteiger partial charge in [0.05, 0.1) is 10.8 Å². The second-order valence-electron chi connectivity index (χ2n) is 6.39. The zero-order valence-electron chi connectivity index (χ0n) is 15.1. The van der Waals surface area contributed by atoms with Crippen molar-refractivity contribution in [3.63, 3.8) is 0 Å². The van der Waals surface area contributed by atoms with Crippen molar-refractivity contribution in [2.24, 2.45) is 5.92 Å². The Morgan fingerprint density at radius 2 is 1.96 bits per heavy atom. The summed E-state index contributed by atoms with van der Waals surface area (Å²) in [6.07, 6.45) is 2.20. The molecule has 2 rings (SSSR count). The lowest BCUT2D eigenvalue weighted by molar-refractivity contribution is -0.126. The van der Waals surface area contributed by atoms with Gasteiger partial charge in [0.1, 0.15) is 0 Å². The highest BCUT2D eigenvalue weighted by molar-refractivity contribution is 7.89. The molecule has 144 valence electrons. The first-order valence-electron chi connectivity index (χ1n) is 8.75. The summed E-state index contributed by atoms with van der Waals surface area (Å²) in [5, 5.41) is 3.30. The molecule has 1 saturated heterocycles. The molecule has 1 amide bonds. The molecular weight excluding hydrogens is 372 g/mol. The summed E-state index contributed by atoms with van der Waals surface area (Å²) in [5.74, 6) is -0.667. The Morgan fingerprint density at radius 1 is 1.27 bits per heavy atom.